The lowest BCUT2D eigenvalue weighted by atomic mass is 10.2. The molecule has 1 atom stereocenters. The Balaban J connectivity index is 1.52. The van der Waals surface area contributed by atoms with Crippen LogP contribution in [0.5, 0.6) is 0 Å². The Hall–Kier alpha value is -0.210. The Morgan fingerprint density at radius 2 is 1.85 bits per heavy atom. The number of sulfonamides is 1. The van der Waals surface area contributed by atoms with E-state index in [2.05, 4.69) is 15.1 Å². The van der Waals surface area contributed by atoms with Crippen LogP contribution < -0.4 is 5.32 Å². The normalized spacial score (nSPS) is 30.5. The molecule has 6 nitrogen and oxygen atoms in total. The number of piperazine rings is 2. The molecule has 7 heteroatoms. The fourth-order valence-corrected chi connectivity index (χ4v) is 5.03. The largest absolute Gasteiger partial charge is 0.314 e. The molecule has 3 saturated heterocycles. The van der Waals surface area contributed by atoms with E-state index in [1.807, 2.05) is 0 Å². The topological polar surface area (TPSA) is 55.9 Å². The summed E-state index contributed by atoms with van der Waals surface area (Å²) in [7, 11) is -3.08. The second-order valence-electron chi connectivity index (χ2n) is 6.10. The van der Waals surface area contributed by atoms with Crippen LogP contribution in [0.3, 0.4) is 0 Å². The number of nitrogens with one attached hydrogen (secondary N) is 1. The highest BCUT2D eigenvalue weighted by Crippen LogP contribution is 2.23. The van der Waals surface area contributed by atoms with Crippen LogP contribution in [-0.4, -0.2) is 93.2 Å². The molecule has 3 heterocycles. The lowest BCUT2D eigenvalue weighted by molar-refractivity contribution is 0.157. The molecule has 20 heavy (non-hydrogen) atoms. The fourth-order valence-electron chi connectivity index (χ4n) is 3.52. The van der Waals surface area contributed by atoms with Crippen molar-refractivity contribution in [2.24, 2.45) is 0 Å². The molecule has 0 amide bonds. The molecule has 0 saturated carbocycles. The van der Waals surface area contributed by atoms with Crippen molar-refractivity contribution in [2.75, 3.05) is 64.7 Å². The quantitative estimate of drug-likeness (QED) is 0.722. The van der Waals surface area contributed by atoms with Gasteiger partial charge in [-0.15, -0.1) is 0 Å². The number of nitrogens with zero attached hydrogens (tertiary/aromatic N) is 3. The van der Waals surface area contributed by atoms with Crippen molar-refractivity contribution in [3.05, 3.63) is 0 Å². The summed E-state index contributed by atoms with van der Waals surface area (Å²) in [6.07, 6.45) is 2.38. The van der Waals surface area contributed by atoms with Crippen molar-refractivity contribution < 1.29 is 8.42 Å². The van der Waals surface area contributed by atoms with Gasteiger partial charge in [0.25, 0.3) is 0 Å². The molecule has 0 bridgehead atoms. The van der Waals surface area contributed by atoms with Crippen molar-refractivity contribution in [1.29, 1.82) is 0 Å². The Bertz CT molecular complexity index is 422. The first-order chi connectivity index (χ1) is 9.65. The van der Waals surface area contributed by atoms with Gasteiger partial charge < -0.3 is 5.32 Å². The fraction of sp³-hybridized carbons (Fsp3) is 1.00. The van der Waals surface area contributed by atoms with E-state index in [1.54, 1.807) is 4.31 Å². The van der Waals surface area contributed by atoms with E-state index in [1.165, 1.54) is 6.42 Å². The predicted octanol–water partition coefficient (Wildman–Crippen LogP) is -0.999. The predicted molar refractivity (Wildman–Crippen MR) is 79.3 cm³/mol. The molecular formula is C13H26N4O2S. The number of hydrogen-bond acceptors (Lipinski definition) is 5. The van der Waals surface area contributed by atoms with Gasteiger partial charge in [0, 0.05) is 58.4 Å². The smallest absolute Gasteiger partial charge is 0.215 e. The molecule has 3 aliphatic heterocycles. The summed E-state index contributed by atoms with van der Waals surface area (Å²) in [4.78, 5) is 4.70. The molecule has 3 rings (SSSR count). The van der Waals surface area contributed by atoms with Crippen molar-refractivity contribution in [3.8, 4) is 0 Å². The lowest BCUT2D eigenvalue weighted by Crippen LogP contribution is -2.53. The highest BCUT2D eigenvalue weighted by Gasteiger charge is 2.35. The molecule has 0 aromatic heterocycles. The third kappa shape index (κ3) is 3.33. The summed E-state index contributed by atoms with van der Waals surface area (Å²) in [5, 5.41) is 3.29. The van der Waals surface area contributed by atoms with Crippen LogP contribution in [-0.2, 0) is 10.0 Å². The van der Waals surface area contributed by atoms with Gasteiger partial charge in [-0.3, -0.25) is 9.80 Å². The van der Waals surface area contributed by atoms with E-state index in [9.17, 15) is 8.42 Å². The van der Waals surface area contributed by atoms with Gasteiger partial charge in [-0.05, 0) is 19.4 Å². The number of fused-ring (bicyclic) bond motifs is 1. The molecule has 0 radical (unpaired) electrons. The molecule has 0 spiro atoms. The van der Waals surface area contributed by atoms with Gasteiger partial charge in [-0.1, -0.05) is 0 Å². The van der Waals surface area contributed by atoms with E-state index in [0.717, 1.165) is 45.7 Å². The van der Waals surface area contributed by atoms with E-state index in [0.29, 0.717) is 25.7 Å². The summed E-state index contributed by atoms with van der Waals surface area (Å²) in [6, 6.07) is 0.470. The van der Waals surface area contributed by atoms with E-state index >= 15 is 0 Å². The molecule has 3 fully saturated rings. The third-order valence-electron chi connectivity index (χ3n) is 4.82. The maximum atomic E-state index is 12.5. The van der Waals surface area contributed by atoms with Crippen LogP contribution in [0.15, 0.2) is 0 Å². The SMILES string of the molecule is O=S(=O)(CCN1CCNCC1)N1CCN2CCCC2C1. The van der Waals surface area contributed by atoms with Crippen LogP contribution in [0.4, 0.5) is 0 Å². The van der Waals surface area contributed by atoms with Crippen molar-refractivity contribution in [1.82, 2.24) is 19.4 Å². The average molecular weight is 302 g/mol. The third-order valence-corrected chi connectivity index (χ3v) is 6.64. The zero-order valence-electron chi connectivity index (χ0n) is 12.1. The van der Waals surface area contributed by atoms with Gasteiger partial charge in [0.2, 0.25) is 10.0 Å². The zero-order valence-corrected chi connectivity index (χ0v) is 12.9. The molecule has 0 aliphatic carbocycles. The monoisotopic (exact) mass is 302 g/mol. The average Bonchev–Trinajstić information content (AvgIpc) is 2.94. The van der Waals surface area contributed by atoms with Gasteiger partial charge in [0.05, 0.1) is 5.75 Å². The van der Waals surface area contributed by atoms with E-state index < -0.39 is 10.0 Å². The van der Waals surface area contributed by atoms with E-state index in [-0.39, 0.29) is 5.75 Å². The van der Waals surface area contributed by atoms with Gasteiger partial charge in [0.15, 0.2) is 0 Å². The summed E-state index contributed by atoms with van der Waals surface area (Å²) in [5.74, 6) is 0.278. The Morgan fingerprint density at radius 1 is 1.05 bits per heavy atom. The molecule has 1 N–H and O–H groups in total. The Morgan fingerprint density at radius 3 is 2.65 bits per heavy atom. The summed E-state index contributed by atoms with van der Waals surface area (Å²) in [6.45, 7) is 8.01. The first kappa shape index (κ1) is 14.7. The maximum absolute atomic E-state index is 12.5. The first-order valence-electron chi connectivity index (χ1n) is 7.80. The van der Waals surface area contributed by atoms with Crippen molar-refractivity contribution >= 4 is 10.0 Å². The summed E-state index contributed by atoms with van der Waals surface area (Å²) in [5.41, 5.74) is 0. The minimum absolute atomic E-state index is 0.278. The highest BCUT2D eigenvalue weighted by molar-refractivity contribution is 7.89. The standard InChI is InChI=1S/C13H26N4O2S/c18-20(19,11-10-15-6-3-14-4-7-15)17-9-8-16-5-1-2-13(16)12-17/h13-14H,1-12H2. The van der Waals surface area contributed by atoms with Gasteiger partial charge >= 0.3 is 0 Å². The lowest BCUT2D eigenvalue weighted by Gasteiger charge is -2.37. The Labute approximate surface area is 122 Å². The second-order valence-corrected chi connectivity index (χ2v) is 8.19. The minimum Gasteiger partial charge on any atom is -0.314 e. The van der Waals surface area contributed by atoms with Gasteiger partial charge in [-0.25, -0.2) is 8.42 Å². The molecule has 0 aromatic carbocycles. The molecule has 116 valence electrons. The maximum Gasteiger partial charge on any atom is 0.215 e. The minimum atomic E-state index is -3.08. The molecule has 3 aliphatic rings. The van der Waals surface area contributed by atoms with Gasteiger partial charge in [0.1, 0.15) is 0 Å². The number of hydrogen-bond donors (Lipinski definition) is 1. The molecule has 1 unspecified atom stereocenters. The van der Waals surface area contributed by atoms with E-state index in [4.69, 9.17) is 0 Å². The zero-order chi connectivity index (χ0) is 14.0. The number of rotatable bonds is 4. The van der Waals surface area contributed by atoms with Crippen molar-refractivity contribution in [2.45, 2.75) is 18.9 Å². The molecular weight excluding hydrogens is 276 g/mol. The van der Waals surface area contributed by atoms with Crippen LogP contribution in [0, 0.1) is 0 Å². The van der Waals surface area contributed by atoms with Crippen molar-refractivity contribution in [3.63, 3.8) is 0 Å². The van der Waals surface area contributed by atoms with Crippen LogP contribution in [0.25, 0.3) is 0 Å². The van der Waals surface area contributed by atoms with Gasteiger partial charge in [-0.2, -0.15) is 4.31 Å². The first-order valence-corrected chi connectivity index (χ1v) is 9.41. The van der Waals surface area contributed by atoms with Crippen LogP contribution >= 0.6 is 0 Å². The highest BCUT2D eigenvalue weighted by atomic mass is 32.2. The molecule has 0 aromatic rings. The summed E-state index contributed by atoms with van der Waals surface area (Å²) < 4.78 is 26.7. The van der Waals surface area contributed by atoms with Crippen LogP contribution in [0.1, 0.15) is 12.8 Å². The summed E-state index contributed by atoms with van der Waals surface area (Å²) >= 11 is 0. The Kier molecular flexibility index (Phi) is 4.62. The van der Waals surface area contributed by atoms with Crippen LogP contribution in [0.2, 0.25) is 0 Å². The second kappa shape index (κ2) is 6.27.